The van der Waals surface area contributed by atoms with E-state index in [4.69, 9.17) is 14.2 Å². The van der Waals surface area contributed by atoms with Crippen LogP contribution < -0.4 is 14.2 Å². The molecule has 1 heterocycles. The van der Waals surface area contributed by atoms with Crippen LogP contribution in [0.25, 0.3) is 0 Å². The fraction of sp³-hybridized carbons (Fsp3) is 0.130. The van der Waals surface area contributed by atoms with E-state index in [0.29, 0.717) is 16.9 Å². The Labute approximate surface area is 172 Å². The van der Waals surface area contributed by atoms with Gasteiger partial charge in [0.15, 0.2) is 17.3 Å². The summed E-state index contributed by atoms with van der Waals surface area (Å²) >= 11 is 0. The van der Waals surface area contributed by atoms with Crippen molar-refractivity contribution < 1.29 is 34.0 Å². The molecule has 1 aliphatic rings. The average molecular weight is 406 g/mol. The first-order valence-electron chi connectivity index (χ1n) is 9.17. The molecule has 152 valence electrons. The molecule has 0 saturated heterocycles. The Hall–Kier alpha value is -4.00. The molecule has 0 amide bonds. The molecule has 3 aromatic rings. The minimum Gasteiger partial charge on any atom is -0.508 e. The lowest BCUT2D eigenvalue weighted by Crippen LogP contribution is -2.20. The molecule has 1 aliphatic heterocycles. The Morgan fingerprint density at radius 1 is 1.03 bits per heavy atom. The Morgan fingerprint density at radius 2 is 1.80 bits per heavy atom. The molecule has 0 spiro atoms. The smallest absolute Gasteiger partial charge is 0.343 e. The Kier molecular flexibility index (Phi) is 5.02. The third-order valence-corrected chi connectivity index (χ3v) is 4.76. The molecular formula is C23H18O7. The summed E-state index contributed by atoms with van der Waals surface area (Å²) in [4.78, 5) is 25.0. The lowest BCUT2D eigenvalue weighted by Gasteiger charge is -2.26. The van der Waals surface area contributed by atoms with Gasteiger partial charge in [0.2, 0.25) is 0 Å². The zero-order valence-corrected chi connectivity index (χ0v) is 16.0. The minimum atomic E-state index is -0.689. The van der Waals surface area contributed by atoms with E-state index in [9.17, 15) is 19.8 Å². The van der Waals surface area contributed by atoms with E-state index in [0.717, 1.165) is 6.07 Å². The number of methoxy groups -OCH3 is 1. The SMILES string of the molecule is COc1ccc(C2CC(=O)c3c(O)cc(O)cc3O2)cc1OC(=O)c1ccccc1. The van der Waals surface area contributed by atoms with Gasteiger partial charge in [-0.15, -0.1) is 0 Å². The maximum atomic E-state index is 12.5. The van der Waals surface area contributed by atoms with Gasteiger partial charge >= 0.3 is 5.97 Å². The van der Waals surface area contributed by atoms with Crippen LogP contribution in [0.15, 0.2) is 60.7 Å². The Bertz CT molecular complexity index is 1120. The van der Waals surface area contributed by atoms with E-state index < -0.39 is 12.1 Å². The molecule has 1 unspecified atom stereocenters. The molecule has 30 heavy (non-hydrogen) atoms. The first kappa shape index (κ1) is 19.3. The average Bonchev–Trinajstić information content (AvgIpc) is 2.73. The summed E-state index contributed by atoms with van der Waals surface area (Å²) in [5, 5.41) is 19.7. The van der Waals surface area contributed by atoms with Crippen LogP contribution in [0, 0.1) is 0 Å². The van der Waals surface area contributed by atoms with Gasteiger partial charge in [-0.25, -0.2) is 4.79 Å². The summed E-state index contributed by atoms with van der Waals surface area (Å²) in [5.74, 6) is -0.797. The zero-order valence-electron chi connectivity index (χ0n) is 16.0. The summed E-state index contributed by atoms with van der Waals surface area (Å²) in [6, 6.07) is 15.8. The van der Waals surface area contributed by atoms with Gasteiger partial charge in [-0.3, -0.25) is 4.79 Å². The predicted octanol–water partition coefficient (Wildman–Crippen LogP) is 4.03. The van der Waals surface area contributed by atoms with Crippen molar-refractivity contribution in [1.82, 2.24) is 0 Å². The van der Waals surface area contributed by atoms with Gasteiger partial charge in [0.05, 0.1) is 19.1 Å². The van der Waals surface area contributed by atoms with Crippen molar-refractivity contribution in [2.24, 2.45) is 0 Å². The Morgan fingerprint density at radius 3 is 2.53 bits per heavy atom. The van der Waals surface area contributed by atoms with Gasteiger partial charge in [0.1, 0.15) is 28.9 Å². The molecule has 0 bridgehead atoms. The van der Waals surface area contributed by atoms with E-state index >= 15 is 0 Å². The van der Waals surface area contributed by atoms with Crippen LogP contribution in [-0.4, -0.2) is 29.1 Å². The number of ketones is 1. The maximum absolute atomic E-state index is 12.5. The molecule has 0 aliphatic carbocycles. The van der Waals surface area contributed by atoms with E-state index in [1.807, 2.05) is 0 Å². The van der Waals surface area contributed by atoms with Gasteiger partial charge in [-0.05, 0) is 29.8 Å². The number of fused-ring (bicyclic) bond motifs is 1. The normalized spacial score (nSPS) is 15.1. The lowest BCUT2D eigenvalue weighted by molar-refractivity contribution is 0.0726. The predicted molar refractivity (Wildman–Crippen MR) is 106 cm³/mol. The van der Waals surface area contributed by atoms with Crippen molar-refractivity contribution in [2.75, 3.05) is 7.11 Å². The molecule has 0 saturated carbocycles. The number of rotatable bonds is 4. The van der Waals surface area contributed by atoms with Crippen LogP contribution in [0.2, 0.25) is 0 Å². The molecule has 0 radical (unpaired) electrons. The second-order valence-corrected chi connectivity index (χ2v) is 6.74. The van der Waals surface area contributed by atoms with Crippen LogP contribution in [0.4, 0.5) is 0 Å². The molecule has 7 heteroatoms. The molecule has 7 nitrogen and oxygen atoms in total. The number of Topliss-reactive ketones (excluding diaryl/α,β-unsaturated/α-hetero) is 1. The van der Waals surface area contributed by atoms with E-state index in [2.05, 4.69) is 0 Å². The second-order valence-electron chi connectivity index (χ2n) is 6.74. The molecule has 4 rings (SSSR count). The Balaban J connectivity index is 1.65. The number of hydrogen-bond acceptors (Lipinski definition) is 7. The highest BCUT2D eigenvalue weighted by atomic mass is 16.6. The van der Waals surface area contributed by atoms with Crippen molar-refractivity contribution in [3.05, 3.63) is 77.4 Å². The van der Waals surface area contributed by atoms with Gasteiger partial charge in [-0.2, -0.15) is 0 Å². The minimum absolute atomic E-state index is 0.0241. The highest BCUT2D eigenvalue weighted by molar-refractivity contribution is 6.02. The third-order valence-electron chi connectivity index (χ3n) is 4.76. The first-order valence-corrected chi connectivity index (χ1v) is 9.17. The van der Waals surface area contributed by atoms with E-state index in [1.54, 1.807) is 48.5 Å². The molecule has 0 aromatic heterocycles. The quantitative estimate of drug-likeness (QED) is 0.498. The molecule has 3 aromatic carbocycles. The number of carbonyl (C=O) groups excluding carboxylic acids is 2. The van der Waals surface area contributed by atoms with Crippen molar-refractivity contribution >= 4 is 11.8 Å². The van der Waals surface area contributed by atoms with Gasteiger partial charge < -0.3 is 24.4 Å². The molecule has 2 N–H and O–H groups in total. The number of ether oxygens (including phenoxy) is 3. The topological polar surface area (TPSA) is 102 Å². The monoisotopic (exact) mass is 406 g/mol. The lowest BCUT2D eigenvalue weighted by atomic mass is 9.95. The molecule has 1 atom stereocenters. The number of aromatic hydroxyl groups is 2. The maximum Gasteiger partial charge on any atom is 0.343 e. The largest absolute Gasteiger partial charge is 0.508 e. The number of hydrogen-bond donors (Lipinski definition) is 2. The van der Waals surface area contributed by atoms with Gasteiger partial charge in [0.25, 0.3) is 0 Å². The molecule has 0 fully saturated rings. The van der Waals surface area contributed by atoms with Crippen molar-refractivity contribution in [3.8, 4) is 28.7 Å². The standard InChI is InChI=1S/C23H18O7/c1-28-18-8-7-14(9-20(18)30-23(27)13-5-3-2-4-6-13)19-12-17(26)22-16(25)10-15(24)11-21(22)29-19/h2-11,19,24-25H,12H2,1H3. The second kappa shape index (κ2) is 7.79. The fourth-order valence-corrected chi connectivity index (χ4v) is 3.32. The summed E-state index contributed by atoms with van der Waals surface area (Å²) < 4.78 is 16.6. The van der Waals surface area contributed by atoms with E-state index in [1.165, 1.54) is 13.2 Å². The van der Waals surface area contributed by atoms with Crippen LogP contribution in [0.5, 0.6) is 28.7 Å². The van der Waals surface area contributed by atoms with Crippen LogP contribution in [-0.2, 0) is 0 Å². The summed E-state index contributed by atoms with van der Waals surface area (Å²) in [6.45, 7) is 0. The van der Waals surface area contributed by atoms with Crippen molar-refractivity contribution in [3.63, 3.8) is 0 Å². The van der Waals surface area contributed by atoms with Gasteiger partial charge in [0, 0.05) is 12.1 Å². The summed E-state index contributed by atoms with van der Waals surface area (Å²) in [6.07, 6.45) is -0.713. The first-order chi connectivity index (χ1) is 14.5. The van der Waals surface area contributed by atoms with Crippen LogP contribution >= 0.6 is 0 Å². The number of phenolic OH excluding ortho intramolecular Hbond substituents is 2. The highest BCUT2D eigenvalue weighted by Crippen LogP contribution is 2.42. The van der Waals surface area contributed by atoms with Crippen molar-refractivity contribution in [2.45, 2.75) is 12.5 Å². The summed E-state index contributed by atoms with van der Waals surface area (Å²) in [7, 11) is 1.46. The number of carbonyl (C=O) groups is 2. The number of phenols is 2. The zero-order chi connectivity index (χ0) is 21.3. The number of benzene rings is 3. The van der Waals surface area contributed by atoms with Crippen molar-refractivity contribution in [1.29, 1.82) is 0 Å². The van der Waals surface area contributed by atoms with Gasteiger partial charge in [-0.1, -0.05) is 24.3 Å². The van der Waals surface area contributed by atoms with Crippen LogP contribution in [0.3, 0.4) is 0 Å². The fourth-order valence-electron chi connectivity index (χ4n) is 3.32. The molecular weight excluding hydrogens is 388 g/mol. The van der Waals surface area contributed by atoms with E-state index in [-0.39, 0.29) is 40.8 Å². The van der Waals surface area contributed by atoms with Crippen LogP contribution in [0.1, 0.15) is 38.8 Å². The number of esters is 1. The third kappa shape index (κ3) is 3.65. The highest BCUT2D eigenvalue weighted by Gasteiger charge is 2.31. The summed E-state index contributed by atoms with van der Waals surface area (Å²) in [5.41, 5.74) is 0.996.